The van der Waals surface area contributed by atoms with Crippen LogP contribution < -0.4 is 5.32 Å². The predicted molar refractivity (Wildman–Crippen MR) is 72.0 cm³/mol. The van der Waals surface area contributed by atoms with Crippen LogP contribution in [0.25, 0.3) is 0 Å². The van der Waals surface area contributed by atoms with Gasteiger partial charge >= 0.3 is 0 Å². The maximum atomic E-state index is 12.2. The minimum atomic E-state index is 0. The van der Waals surface area contributed by atoms with Crippen molar-refractivity contribution in [2.24, 2.45) is 5.41 Å². The molecule has 17 heavy (non-hydrogen) atoms. The van der Waals surface area contributed by atoms with Gasteiger partial charge in [-0.3, -0.25) is 4.79 Å². The van der Waals surface area contributed by atoms with E-state index in [0.717, 1.165) is 37.5 Å². The van der Waals surface area contributed by atoms with Crippen LogP contribution in [-0.2, 0) is 0 Å². The largest absolute Gasteiger partial charge is 0.337 e. The molecule has 1 aromatic heterocycles. The van der Waals surface area contributed by atoms with Crippen molar-refractivity contribution in [1.82, 2.24) is 10.2 Å². The lowest BCUT2D eigenvalue weighted by atomic mass is 9.87. The summed E-state index contributed by atoms with van der Waals surface area (Å²) >= 11 is 1.54. The second-order valence-electron chi connectivity index (χ2n) is 4.88. The van der Waals surface area contributed by atoms with Crippen molar-refractivity contribution in [3.63, 3.8) is 0 Å². The third-order valence-corrected chi connectivity index (χ3v) is 4.65. The van der Waals surface area contributed by atoms with E-state index in [9.17, 15) is 4.79 Å². The van der Waals surface area contributed by atoms with Crippen molar-refractivity contribution in [1.29, 1.82) is 0 Å². The average Bonchev–Trinajstić information content (AvgIpc) is 3.01. The Morgan fingerprint density at radius 1 is 1.47 bits per heavy atom. The van der Waals surface area contributed by atoms with Gasteiger partial charge in [-0.2, -0.15) is 0 Å². The molecule has 1 unspecified atom stereocenters. The molecule has 2 saturated heterocycles. The highest BCUT2D eigenvalue weighted by atomic mass is 35.5. The SMILES string of the molecule is Cl.O=C(c1cccs1)N1CCC2(CCNC2)C1. The lowest BCUT2D eigenvalue weighted by Crippen LogP contribution is -2.32. The van der Waals surface area contributed by atoms with Crippen LogP contribution in [0.1, 0.15) is 22.5 Å². The van der Waals surface area contributed by atoms with Crippen LogP contribution in [0.4, 0.5) is 0 Å². The van der Waals surface area contributed by atoms with Crippen molar-refractivity contribution >= 4 is 29.7 Å². The highest BCUT2D eigenvalue weighted by Gasteiger charge is 2.41. The summed E-state index contributed by atoms with van der Waals surface area (Å²) in [6, 6.07) is 3.87. The molecule has 1 N–H and O–H groups in total. The zero-order chi connectivity index (χ0) is 11.0. The Kier molecular flexibility index (Phi) is 3.76. The van der Waals surface area contributed by atoms with Crippen LogP contribution in [0.3, 0.4) is 0 Å². The van der Waals surface area contributed by atoms with Gasteiger partial charge in [0.05, 0.1) is 4.88 Å². The number of carbonyl (C=O) groups excluding carboxylic acids is 1. The topological polar surface area (TPSA) is 32.3 Å². The third-order valence-electron chi connectivity index (χ3n) is 3.79. The van der Waals surface area contributed by atoms with Gasteiger partial charge in [0.15, 0.2) is 0 Å². The predicted octanol–water partition coefficient (Wildman–Crippen LogP) is 2.00. The second-order valence-corrected chi connectivity index (χ2v) is 5.83. The van der Waals surface area contributed by atoms with Crippen LogP contribution in [0, 0.1) is 5.41 Å². The number of likely N-dealkylation sites (tertiary alicyclic amines) is 1. The number of nitrogens with zero attached hydrogens (tertiary/aromatic N) is 1. The molecule has 0 bridgehead atoms. The molecule has 0 aromatic carbocycles. The molecule has 0 radical (unpaired) electrons. The molecule has 1 aromatic rings. The normalized spacial score (nSPS) is 27.4. The molecule has 2 aliphatic heterocycles. The van der Waals surface area contributed by atoms with Gasteiger partial charge in [0.1, 0.15) is 0 Å². The summed E-state index contributed by atoms with van der Waals surface area (Å²) in [5.41, 5.74) is 0.382. The minimum Gasteiger partial charge on any atom is -0.337 e. The van der Waals surface area contributed by atoms with E-state index in [2.05, 4.69) is 5.32 Å². The fourth-order valence-corrected chi connectivity index (χ4v) is 3.50. The summed E-state index contributed by atoms with van der Waals surface area (Å²) in [7, 11) is 0. The first-order chi connectivity index (χ1) is 7.79. The number of amides is 1. The molecule has 1 amide bonds. The van der Waals surface area contributed by atoms with Crippen molar-refractivity contribution in [3.05, 3.63) is 22.4 Å². The Bertz CT molecular complexity index is 387. The van der Waals surface area contributed by atoms with Crippen molar-refractivity contribution in [3.8, 4) is 0 Å². The van der Waals surface area contributed by atoms with Crippen LogP contribution in [-0.4, -0.2) is 37.0 Å². The second kappa shape index (κ2) is 4.96. The van der Waals surface area contributed by atoms with E-state index >= 15 is 0 Å². The lowest BCUT2D eigenvalue weighted by Gasteiger charge is -2.22. The third kappa shape index (κ3) is 2.34. The Hall–Kier alpha value is -0.580. The van der Waals surface area contributed by atoms with Gasteiger partial charge in [-0.05, 0) is 30.8 Å². The van der Waals surface area contributed by atoms with Gasteiger partial charge in [-0.15, -0.1) is 23.7 Å². The highest BCUT2D eigenvalue weighted by Crippen LogP contribution is 2.36. The summed E-state index contributed by atoms with van der Waals surface area (Å²) in [5.74, 6) is 0.221. The van der Waals surface area contributed by atoms with Crippen molar-refractivity contribution in [2.75, 3.05) is 26.2 Å². The summed E-state index contributed by atoms with van der Waals surface area (Å²) in [5, 5.41) is 5.38. The molecule has 3 heterocycles. The first kappa shape index (κ1) is 12.9. The molecule has 1 atom stereocenters. The van der Waals surface area contributed by atoms with E-state index in [1.807, 2.05) is 22.4 Å². The number of thiophene rings is 1. The fourth-order valence-electron chi connectivity index (χ4n) is 2.81. The molecule has 0 aliphatic carbocycles. The van der Waals surface area contributed by atoms with E-state index < -0.39 is 0 Å². The molecular formula is C12H17ClN2OS. The fraction of sp³-hybridized carbons (Fsp3) is 0.583. The molecule has 1 spiro atoms. The zero-order valence-electron chi connectivity index (χ0n) is 9.65. The van der Waals surface area contributed by atoms with E-state index in [-0.39, 0.29) is 18.3 Å². The van der Waals surface area contributed by atoms with Gasteiger partial charge in [0, 0.05) is 25.0 Å². The summed E-state index contributed by atoms with van der Waals surface area (Å²) in [4.78, 5) is 15.1. The van der Waals surface area contributed by atoms with Crippen LogP contribution in [0.15, 0.2) is 17.5 Å². The monoisotopic (exact) mass is 272 g/mol. The van der Waals surface area contributed by atoms with Gasteiger partial charge in [0.2, 0.25) is 0 Å². The quantitative estimate of drug-likeness (QED) is 0.848. The van der Waals surface area contributed by atoms with Gasteiger partial charge in [-0.1, -0.05) is 6.07 Å². The summed E-state index contributed by atoms with van der Waals surface area (Å²) < 4.78 is 0. The molecule has 2 fully saturated rings. The van der Waals surface area contributed by atoms with Crippen molar-refractivity contribution < 1.29 is 4.79 Å². The van der Waals surface area contributed by atoms with Gasteiger partial charge < -0.3 is 10.2 Å². The first-order valence-electron chi connectivity index (χ1n) is 5.83. The van der Waals surface area contributed by atoms with Crippen LogP contribution in [0.5, 0.6) is 0 Å². The average molecular weight is 273 g/mol. The molecule has 0 saturated carbocycles. The Morgan fingerprint density at radius 3 is 3.00 bits per heavy atom. The van der Waals surface area contributed by atoms with E-state index in [4.69, 9.17) is 0 Å². The van der Waals surface area contributed by atoms with E-state index in [1.54, 1.807) is 11.3 Å². The smallest absolute Gasteiger partial charge is 0.263 e. The minimum absolute atomic E-state index is 0. The molecule has 5 heteroatoms. The number of hydrogen-bond acceptors (Lipinski definition) is 3. The molecule has 3 rings (SSSR count). The number of carbonyl (C=O) groups is 1. The Morgan fingerprint density at radius 2 is 2.35 bits per heavy atom. The van der Waals surface area contributed by atoms with Crippen LogP contribution >= 0.6 is 23.7 Å². The Labute approximate surface area is 112 Å². The lowest BCUT2D eigenvalue weighted by molar-refractivity contribution is 0.0780. The standard InChI is InChI=1S/C12H16N2OS.ClH/c15-11(10-2-1-7-16-10)14-6-4-12(9-14)3-5-13-8-12;/h1-2,7,13H,3-6,8-9H2;1H. The number of nitrogens with one attached hydrogen (secondary N) is 1. The molecule has 3 nitrogen and oxygen atoms in total. The zero-order valence-corrected chi connectivity index (χ0v) is 11.3. The maximum Gasteiger partial charge on any atom is 0.263 e. The number of rotatable bonds is 1. The van der Waals surface area contributed by atoms with Gasteiger partial charge in [-0.25, -0.2) is 0 Å². The summed E-state index contributed by atoms with van der Waals surface area (Å²) in [6.45, 7) is 4.07. The number of hydrogen-bond donors (Lipinski definition) is 1. The van der Waals surface area contributed by atoms with E-state index in [0.29, 0.717) is 5.41 Å². The first-order valence-corrected chi connectivity index (χ1v) is 6.71. The molecule has 2 aliphatic rings. The Balaban J connectivity index is 0.00000108. The highest BCUT2D eigenvalue weighted by molar-refractivity contribution is 7.12. The maximum absolute atomic E-state index is 12.2. The summed E-state index contributed by atoms with van der Waals surface area (Å²) in [6.07, 6.45) is 2.39. The molecular weight excluding hydrogens is 256 g/mol. The van der Waals surface area contributed by atoms with Crippen molar-refractivity contribution in [2.45, 2.75) is 12.8 Å². The number of halogens is 1. The molecule has 94 valence electrons. The van der Waals surface area contributed by atoms with Gasteiger partial charge in [0.25, 0.3) is 5.91 Å². The van der Waals surface area contributed by atoms with Crippen LogP contribution in [0.2, 0.25) is 0 Å². The van der Waals surface area contributed by atoms with E-state index in [1.165, 1.54) is 6.42 Å².